The van der Waals surface area contributed by atoms with Crippen molar-refractivity contribution >= 4 is 11.8 Å². The lowest BCUT2D eigenvalue weighted by Crippen LogP contribution is -2.54. The van der Waals surface area contributed by atoms with Crippen LogP contribution >= 0.6 is 0 Å². The van der Waals surface area contributed by atoms with Crippen molar-refractivity contribution in [2.24, 2.45) is 5.92 Å². The number of carbonyl (C=O) groups excluding carboxylic acids is 2. The van der Waals surface area contributed by atoms with Crippen molar-refractivity contribution in [1.29, 1.82) is 0 Å². The van der Waals surface area contributed by atoms with Crippen molar-refractivity contribution in [3.63, 3.8) is 0 Å². The lowest BCUT2D eigenvalue weighted by atomic mass is 9.91. The van der Waals surface area contributed by atoms with E-state index in [1.807, 2.05) is 66.8 Å². The molecule has 2 aromatic rings. The molecule has 3 atom stereocenters. The number of hydrogen-bond acceptors (Lipinski definition) is 2. The van der Waals surface area contributed by atoms with Crippen molar-refractivity contribution in [3.05, 3.63) is 71.3 Å². The van der Waals surface area contributed by atoms with Crippen LogP contribution in [0.1, 0.15) is 42.5 Å². The maximum Gasteiger partial charge on any atom is 0.408 e. The third-order valence-electron chi connectivity index (χ3n) is 5.23. The molecule has 0 aliphatic carbocycles. The topological polar surface area (TPSA) is 58.2 Å². The monoisotopic (exact) mass is 404 g/mol. The molecule has 7 heteroatoms. The molecule has 2 aromatic carbocycles. The number of amides is 2. The molecule has 1 saturated heterocycles. The molecule has 0 bridgehead atoms. The highest BCUT2D eigenvalue weighted by atomic mass is 19.4. The number of alkyl halides is 3. The Balaban J connectivity index is 1.79. The van der Waals surface area contributed by atoms with Crippen LogP contribution in [-0.2, 0) is 16.0 Å². The number of nitrogens with one attached hydrogen (secondary N) is 2. The average molecular weight is 404 g/mol. The van der Waals surface area contributed by atoms with Gasteiger partial charge in [-0.1, -0.05) is 61.5 Å². The van der Waals surface area contributed by atoms with Crippen LogP contribution < -0.4 is 10.6 Å². The lowest BCUT2D eigenvalue weighted by molar-refractivity contribution is -0.171. The number of halogens is 3. The summed E-state index contributed by atoms with van der Waals surface area (Å²) in [6, 6.07) is 14.6. The quantitative estimate of drug-likeness (QED) is 0.743. The first kappa shape index (κ1) is 20.9. The summed E-state index contributed by atoms with van der Waals surface area (Å²) in [5, 5.41) is 4.79. The Bertz CT molecular complexity index is 851. The van der Waals surface area contributed by atoms with Crippen LogP contribution in [0.4, 0.5) is 13.2 Å². The van der Waals surface area contributed by atoms with Crippen molar-refractivity contribution < 1.29 is 22.8 Å². The van der Waals surface area contributed by atoms with Gasteiger partial charge in [0, 0.05) is 0 Å². The molecule has 0 aromatic heterocycles. The van der Waals surface area contributed by atoms with Gasteiger partial charge in [-0.15, -0.1) is 0 Å². The summed E-state index contributed by atoms with van der Waals surface area (Å²) in [6.45, 7) is 2.04. The molecule has 0 saturated carbocycles. The predicted octanol–water partition coefficient (Wildman–Crippen LogP) is 3.91. The molecule has 1 heterocycles. The van der Waals surface area contributed by atoms with Gasteiger partial charge in [0.1, 0.15) is 12.0 Å². The summed E-state index contributed by atoms with van der Waals surface area (Å²) in [4.78, 5) is 25.0. The number of aryl methyl sites for hydroxylation is 1. The minimum atomic E-state index is -4.51. The zero-order valence-electron chi connectivity index (χ0n) is 16.0. The first-order valence-corrected chi connectivity index (χ1v) is 9.61. The number of rotatable bonds is 5. The summed E-state index contributed by atoms with van der Waals surface area (Å²) < 4.78 is 38.5. The van der Waals surface area contributed by atoms with E-state index in [-0.39, 0.29) is 12.8 Å². The van der Waals surface area contributed by atoms with Crippen molar-refractivity contribution in [3.8, 4) is 0 Å². The van der Waals surface area contributed by atoms with Gasteiger partial charge < -0.3 is 10.6 Å². The second-order valence-corrected chi connectivity index (χ2v) is 7.18. The van der Waals surface area contributed by atoms with Crippen LogP contribution in [-0.4, -0.2) is 24.0 Å². The van der Waals surface area contributed by atoms with E-state index in [0.717, 1.165) is 23.1 Å². The van der Waals surface area contributed by atoms with Gasteiger partial charge in [-0.2, -0.15) is 13.2 Å². The van der Waals surface area contributed by atoms with E-state index in [2.05, 4.69) is 5.32 Å². The second-order valence-electron chi connectivity index (χ2n) is 7.18. The minimum absolute atomic E-state index is 0.141. The van der Waals surface area contributed by atoms with Gasteiger partial charge in [0.25, 0.3) is 0 Å². The van der Waals surface area contributed by atoms with Crippen LogP contribution in [0.15, 0.2) is 54.6 Å². The van der Waals surface area contributed by atoms with Gasteiger partial charge in [-0.25, -0.2) is 0 Å². The largest absolute Gasteiger partial charge is 0.408 e. The maximum absolute atomic E-state index is 12.8. The zero-order valence-corrected chi connectivity index (χ0v) is 16.0. The predicted molar refractivity (Wildman–Crippen MR) is 103 cm³/mol. The molecule has 1 aliphatic heterocycles. The molecule has 2 amide bonds. The van der Waals surface area contributed by atoms with E-state index in [1.54, 1.807) is 0 Å². The van der Waals surface area contributed by atoms with E-state index in [1.165, 1.54) is 0 Å². The molecule has 3 unspecified atom stereocenters. The fraction of sp³-hybridized carbons (Fsp3) is 0.364. The normalized spacial score (nSPS) is 20.6. The third kappa shape index (κ3) is 4.96. The van der Waals surface area contributed by atoms with Gasteiger partial charge >= 0.3 is 6.18 Å². The first-order valence-electron chi connectivity index (χ1n) is 9.61. The van der Waals surface area contributed by atoms with E-state index in [9.17, 15) is 22.8 Å². The Labute approximate surface area is 167 Å². The SMILES string of the molecule is CCc1ccc(C(NC(=O)C2CCC(C(F)(F)F)NC2=O)c2ccccc2)cc1. The Kier molecular flexibility index (Phi) is 6.25. The summed E-state index contributed by atoms with van der Waals surface area (Å²) in [6.07, 6.45) is -4.08. The highest BCUT2D eigenvalue weighted by molar-refractivity contribution is 6.01. The standard InChI is InChI=1S/C22H23F3N2O2/c1-2-14-8-10-16(11-9-14)19(15-6-4-3-5-7-15)27-21(29)17-12-13-18(22(23,24)25)26-20(17)28/h3-11,17-19H,2,12-13H2,1H3,(H,26,28)(H,27,29). The Morgan fingerprint density at radius 2 is 1.69 bits per heavy atom. The number of carbonyl (C=O) groups is 2. The molecule has 29 heavy (non-hydrogen) atoms. The highest BCUT2D eigenvalue weighted by Gasteiger charge is 2.46. The summed E-state index contributed by atoms with van der Waals surface area (Å²) in [7, 11) is 0. The zero-order chi connectivity index (χ0) is 21.0. The van der Waals surface area contributed by atoms with E-state index in [0.29, 0.717) is 0 Å². The van der Waals surface area contributed by atoms with Crippen LogP contribution in [0.2, 0.25) is 0 Å². The van der Waals surface area contributed by atoms with Crippen molar-refractivity contribution in [2.75, 3.05) is 0 Å². The third-order valence-corrected chi connectivity index (χ3v) is 5.23. The van der Waals surface area contributed by atoms with Crippen molar-refractivity contribution in [1.82, 2.24) is 10.6 Å². The molecule has 0 spiro atoms. The Morgan fingerprint density at radius 3 is 2.24 bits per heavy atom. The maximum atomic E-state index is 12.8. The summed E-state index contributed by atoms with van der Waals surface area (Å²) >= 11 is 0. The smallest absolute Gasteiger partial charge is 0.344 e. The number of hydrogen-bond donors (Lipinski definition) is 2. The average Bonchev–Trinajstić information content (AvgIpc) is 2.72. The van der Waals surface area contributed by atoms with E-state index in [4.69, 9.17) is 0 Å². The summed E-state index contributed by atoms with van der Waals surface area (Å²) in [5.74, 6) is -2.60. The highest BCUT2D eigenvalue weighted by Crippen LogP contribution is 2.29. The van der Waals surface area contributed by atoms with Gasteiger partial charge in [-0.3, -0.25) is 9.59 Å². The van der Waals surface area contributed by atoms with E-state index < -0.39 is 36.0 Å². The molecule has 2 N–H and O–H groups in total. The Morgan fingerprint density at radius 1 is 1.07 bits per heavy atom. The minimum Gasteiger partial charge on any atom is -0.344 e. The number of benzene rings is 2. The van der Waals surface area contributed by atoms with Gasteiger partial charge in [0.2, 0.25) is 11.8 Å². The molecule has 1 aliphatic rings. The van der Waals surface area contributed by atoms with Crippen molar-refractivity contribution in [2.45, 2.75) is 44.4 Å². The molecule has 0 radical (unpaired) electrons. The fourth-order valence-electron chi connectivity index (χ4n) is 3.50. The molecule has 154 valence electrons. The van der Waals surface area contributed by atoms with Gasteiger partial charge in [-0.05, 0) is 36.0 Å². The van der Waals surface area contributed by atoms with E-state index >= 15 is 0 Å². The number of piperidine rings is 1. The first-order chi connectivity index (χ1) is 13.8. The Hall–Kier alpha value is -2.83. The molecular weight excluding hydrogens is 381 g/mol. The van der Waals surface area contributed by atoms with Crippen LogP contribution in [0.3, 0.4) is 0 Å². The van der Waals surface area contributed by atoms with Gasteiger partial charge in [0.15, 0.2) is 0 Å². The lowest BCUT2D eigenvalue weighted by Gasteiger charge is -2.31. The summed E-state index contributed by atoms with van der Waals surface area (Å²) in [5.41, 5.74) is 2.82. The molecule has 1 fully saturated rings. The second kappa shape index (κ2) is 8.68. The van der Waals surface area contributed by atoms with Crippen LogP contribution in [0.25, 0.3) is 0 Å². The molecule has 3 rings (SSSR count). The molecular formula is C22H23F3N2O2. The van der Waals surface area contributed by atoms with Crippen LogP contribution in [0, 0.1) is 5.92 Å². The molecule has 4 nitrogen and oxygen atoms in total. The van der Waals surface area contributed by atoms with Gasteiger partial charge in [0.05, 0.1) is 6.04 Å². The van der Waals surface area contributed by atoms with Crippen LogP contribution in [0.5, 0.6) is 0 Å². The fourth-order valence-corrected chi connectivity index (χ4v) is 3.50.